The first-order valence-electron chi connectivity index (χ1n) is 5.66. The van der Waals surface area contributed by atoms with Crippen LogP contribution in [-0.2, 0) is 0 Å². The van der Waals surface area contributed by atoms with Gasteiger partial charge in [-0.3, -0.25) is 0 Å². The van der Waals surface area contributed by atoms with Crippen LogP contribution in [-0.4, -0.2) is 24.8 Å². The summed E-state index contributed by atoms with van der Waals surface area (Å²) in [6.07, 6.45) is 7.90. The average molecular weight is 183 g/mol. The zero-order chi connectivity index (χ0) is 9.15. The summed E-state index contributed by atoms with van der Waals surface area (Å²) < 4.78 is 0. The van der Waals surface area contributed by atoms with E-state index in [1.807, 2.05) is 0 Å². The highest BCUT2D eigenvalue weighted by molar-refractivity contribution is 4.91. The third-order valence-electron chi connectivity index (χ3n) is 4.04. The fraction of sp³-hybridized carbons (Fsp3) is 1.00. The standard InChI is InChI=1S/C11H21NO/c13-8-3-10-1-4-11(5-2-10)6-7-12-9-11/h10,12-13H,1-9H2. The molecule has 1 spiro atoms. The van der Waals surface area contributed by atoms with Crippen molar-refractivity contribution in [2.24, 2.45) is 11.3 Å². The summed E-state index contributed by atoms with van der Waals surface area (Å²) in [5.41, 5.74) is 0.659. The Labute approximate surface area is 80.7 Å². The lowest BCUT2D eigenvalue weighted by atomic mass is 9.69. The minimum atomic E-state index is 0.385. The molecule has 0 aromatic heterocycles. The molecule has 0 atom stereocenters. The second-order valence-corrected chi connectivity index (χ2v) is 4.88. The lowest BCUT2D eigenvalue weighted by Gasteiger charge is -2.36. The van der Waals surface area contributed by atoms with Crippen LogP contribution in [0.1, 0.15) is 38.5 Å². The summed E-state index contributed by atoms with van der Waals surface area (Å²) in [5.74, 6) is 0.816. The normalized spacial score (nSPS) is 39.9. The Hall–Kier alpha value is -0.0800. The maximum absolute atomic E-state index is 8.86. The molecule has 1 saturated heterocycles. The van der Waals surface area contributed by atoms with E-state index >= 15 is 0 Å². The molecule has 2 aliphatic rings. The van der Waals surface area contributed by atoms with E-state index in [-0.39, 0.29) is 0 Å². The summed E-state index contributed by atoms with van der Waals surface area (Å²) >= 11 is 0. The van der Waals surface area contributed by atoms with Crippen LogP contribution in [0.5, 0.6) is 0 Å². The van der Waals surface area contributed by atoms with Crippen molar-refractivity contribution in [2.45, 2.75) is 38.5 Å². The van der Waals surface area contributed by atoms with Gasteiger partial charge in [-0.1, -0.05) is 0 Å². The largest absolute Gasteiger partial charge is 0.396 e. The van der Waals surface area contributed by atoms with Gasteiger partial charge in [0.15, 0.2) is 0 Å². The number of nitrogens with one attached hydrogen (secondary N) is 1. The molecule has 2 fully saturated rings. The highest BCUT2D eigenvalue weighted by atomic mass is 16.3. The third kappa shape index (κ3) is 2.05. The molecule has 0 unspecified atom stereocenters. The monoisotopic (exact) mass is 183 g/mol. The van der Waals surface area contributed by atoms with Crippen molar-refractivity contribution in [3.8, 4) is 0 Å². The van der Waals surface area contributed by atoms with Gasteiger partial charge in [0.1, 0.15) is 0 Å². The summed E-state index contributed by atoms with van der Waals surface area (Å²) in [6.45, 7) is 2.86. The summed E-state index contributed by atoms with van der Waals surface area (Å²) in [7, 11) is 0. The smallest absolute Gasteiger partial charge is 0.0433 e. The number of aliphatic hydroxyl groups excluding tert-OH is 1. The highest BCUT2D eigenvalue weighted by Gasteiger charge is 2.37. The van der Waals surface area contributed by atoms with Gasteiger partial charge in [-0.15, -0.1) is 0 Å². The van der Waals surface area contributed by atoms with Gasteiger partial charge < -0.3 is 10.4 Å². The van der Waals surface area contributed by atoms with Crippen LogP contribution >= 0.6 is 0 Å². The van der Waals surface area contributed by atoms with E-state index in [0.29, 0.717) is 12.0 Å². The van der Waals surface area contributed by atoms with Crippen molar-refractivity contribution in [3.05, 3.63) is 0 Å². The topological polar surface area (TPSA) is 32.3 Å². The average Bonchev–Trinajstić information content (AvgIpc) is 2.59. The predicted octanol–water partition coefficient (Wildman–Crippen LogP) is 1.54. The van der Waals surface area contributed by atoms with E-state index in [2.05, 4.69) is 5.32 Å². The number of hydrogen-bond acceptors (Lipinski definition) is 2. The van der Waals surface area contributed by atoms with E-state index in [4.69, 9.17) is 5.11 Å². The van der Waals surface area contributed by atoms with Crippen molar-refractivity contribution in [3.63, 3.8) is 0 Å². The SMILES string of the molecule is OCCC1CCC2(CCNC2)CC1. The molecule has 1 aliphatic heterocycles. The molecule has 1 heterocycles. The Bertz CT molecular complexity index is 153. The van der Waals surface area contributed by atoms with Gasteiger partial charge >= 0.3 is 0 Å². The minimum absolute atomic E-state index is 0.385. The molecular formula is C11H21NO. The Morgan fingerprint density at radius 1 is 1.23 bits per heavy atom. The minimum Gasteiger partial charge on any atom is -0.396 e. The van der Waals surface area contributed by atoms with Crippen LogP contribution in [0, 0.1) is 11.3 Å². The Kier molecular flexibility index (Phi) is 2.89. The van der Waals surface area contributed by atoms with Crippen LogP contribution in [0.2, 0.25) is 0 Å². The Balaban J connectivity index is 1.81. The Morgan fingerprint density at radius 2 is 2.00 bits per heavy atom. The molecule has 0 aromatic carbocycles. The first kappa shape index (κ1) is 9.47. The molecule has 13 heavy (non-hydrogen) atoms. The molecule has 2 rings (SSSR count). The van der Waals surface area contributed by atoms with Gasteiger partial charge in [-0.05, 0) is 56.4 Å². The maximum Gasteiger partial charge on any atom is 0.0433 e. The molecule has 2 nitrogen and oxygen atoms in total. The first-order chi connectivity index (χ1) is 6.35. The predicted molar refractivity (Wildman–Crippen MR) is 53.6 cm³/mol. The Morgan fingerprint density at radius 3 is 2.54 bits per heavy atom. The van der Waals surface area contributed by atoms with Gasteiger partial charge in [0.05, 0.1) is 0 Å². The molecule has 0 radical (unpaired) electrons. The van der Waals surface area contributed by atoms with E-state index in [1.54, 1.807) is 0 Å². The van der Waals surface area contributed by atoms with Crippen LogP contribution in [0.25, 0.3) is 0 Å². The van der Waals surface area contributed by atoms with Gasteiger partial charge in [0.25, 0.3) is 0 Å². The van der Waals surface area contributed by atoms with Gasteiger partial charge in [-0.2, -0.15) is 0 Å². The molecule has 0 bridgehead atoms. The molecule has 1 aliphatic carbocycles. The van der Waals surface area contributed by atoms with E-state index in [1.165, 1.54) is 45.2 Å². The molecule has 2 N–H and O–H groups in total. The fourth-order valence-corrected chi connectivity index (χ4v) is 2.98. The summed E-state index contributed by atoms with van der Waals surface area (Å²) in [5, 5.41) is 12.3. The fourth-order valence-electron chi connectivity index (χ4n) is 2.98. The number of aliphatic hydroxyl groups is 1. The van der Waals surface area contributed by atoms with Gasteiger partial charge in [0, 0.05) is 13.2 Å². The zero-order valence-electron chi connectivity index (χ0n) is 8.39. The first-order valence-corrected chi connectivity index (χ1v) is 5.66. The lowest BCUT2D eigenvalue weighted by molar-refractivity contribution is 0.146. The second-order valence-electron chi connectivity index (χ2n) is 4.88. The quantitative estimate of drug-likeness (QED) is 0.680. The van der Waals surface area contributed by atoms with Crippen LogP contribution in [0.15, 0.2) is 0 Å². The zero-order valence-corrected chi connectivity index (χ0v) is 8.39. The molecule has 1 saturated carbocycles. The van der Waals surface area contributed by atoms with E-state index < -0.39 is 0 Å². The van der Waals surface area contributed by atoms with Gasteiger partial charge in [0.2, 0.25) is 0 Å². The van der Waals surface area contributed by atoms with Crippen LogP contribution in [0.3, 0.4) is 0 Å². The van der Waals surface area contributed by atoms with Crippen LogP contribution < -0.4 is 5.32 Å². The summed E-state index contributed by atoms with van der Waals surface area (Å²) in [4.78, 5) is 0. The van der Waals surface area contributed by atoms with Gasteiger partial charge in [-0.25, -0.2) is 0 Å². The maximum atomic E-state index is 8.86. The van der Waals surface area contributed by atoms with E-state index in [9.17, 15) is 0 Å². The van der Waals surface area contributed by atoms with Crippen molar-refractivity contribution in [1.82, 2.24) is 5.32 Å². The third-order valence-corrected chi connectivity index (χ3v) is 4.04. The molecule has 2 heteroatoms. The van der Waals surface area contributed by atoms with Crippen LogP contribution in [0.4, 0.5) is 0 Å². The molecule has 0 aromatic rings. The molecule has 0 amide bonds. The number of rotatable bonds is 2. The van der Waals surface area contributed by atoms with Crippen molar-refractivity contribution >= 4 is 0 Å². The lowest BCUT2D eigenvalue weighted by Crippen LogP contribution is -2.29. The number of hydrogen-bond donors (Lipinski definition) is 2. The summed E-state index contributed by atoms with van der Waals surface area (Å²) in [6, 6.07) is 0. The van der Waals surface area contributed by atoms with Crippen molar-refractivity contribution < 1.29 is 5.11 Å². The van der Waals surface area contributed by atoms with Crippen molar-refractivity contribution in [1.29, 1.82) is 0 Å². The highest BCUT2D eigenvalue weighted by Crippen LogP contribution is 2.43. The second kappa shape index (κ2) is 3.97. The van der Waals surface area contributed by atoms with E-state index in [0.717, 1.165) is 12.3 Å². The van der Waals surface area contributed by atoms with Crippen molar-refractivity contribution in [2.75, 3.05) is 19.7 Å². The molecule has 76 valence electrons. The molecular weight excluding hydrogens is 162 g/mol.